The smallest absolute Gasteiger partial charge is 0.262 e. The van der Waals surface area contributed by atoms with Crippen LogP contribution in [-0.4, -0.2) is 33.6 Å². The van der Waals surface area contributed by atoms with E-state index in [0.29, 0.717) is 22.0 Å². The lowest BCUT2D eigenvalue weighted by atomic mass is 10.2. The van der Waals surface area contributed by atoms with Crippen LogP contribution < -0.4 is 4.72 Å². The maximum absolute atomic E-state index is 13.0. The summed E-state index contributed by atoms with van der Waals surface area (Å²) in [7, 11) is -3.86. The van der Waals surface area contributed by atoms with E-state index in [1.807, 2.05) is 18.2 Å². The molecule has 4 aromatic rings. The van der Waals surface area contributed by atoms with Crippen LogP contribution in [-0.2, 0) is 10.0 Å². The number of anilines is 1. The van der Waals surface area contributed by atoms with E-state index in [-0.39, 0.29) is 4.90 Å². The Bertz CT molecular complexity index is 1280. The number of halogens is 1. The first-order valence-corrected chi connectivity index (χ1v) is 11.4. The van der Waals surface area contributed by atoms with Gasteiger partial charge in [0.2, 0.25) is 0 Å². The lowest BCUT2D eigenvalue weighted by Crippen LogP contribution is -2.15. The van der Waals surface area contributed by atoms with Crippen molar-refractivity contribution in [3.63, 3.8) is 0 Å². The maximum atomic E-state index is 13.0. The molecule has 30 heavy (non-hydrogen) atoms. The van der Waals surface area contributed by atoms with Crippen molar-refractivity contribution in [1.29, 1.82) is 0 Å². The average Bonchev–Trinajstić information content (AvgIpc) is 3.26. The highest BCUT2D eigenvalue weighted by Gasteiger charge is 2.19. The quantitative estimate of drug-likeness (QED) is 0.466. The maximum Gasteiger partial charge on any atom is 0.262 e. The molecule has 0 radical (unpaired) electrons. The standard InChI is InChI=1S/C19H15ClN6O2S2/c1-13-5-7-15(26-12-22-24-25-26)11-18(13)30(27,28)23-14-6-8-17(16(20)10-14)29-19-4-2-3-9-21-19/h2-12,23H,1H3. The molecule has 0 spiro atoms. The summed E-state index contributed by atoms with van der Waals surface area (Å²) in [4.78, 5) is 5.15. The highest BCUT2D eigenvalue weighted by molar-refractivity contribution is 7.99. The molecular formula is C19H15ClN6O2S2. The predicted octanol–water partition coefficient (Wildman–Crippen LogP) is 3.97. The van der Waals surface area contributed by atoms with Crippen LogP contribution in [0.4, 0.5) is 5.69 Å². The molecule has 0 bridgehead atoms. The lowest BCUT2D eigenvalue weighted by Gasteiger charge is -2.13. The summed E-state index contributed by atoms with van der Waals surface area (Å²) in [6, 6.07) is 15.5. The number of benzene rings is 2. The number of hydrogen-bond donors (Lipinski definition) is 1. The number of pyridine rings is 1. The number of nitrogens with zero attached hydrogens (tertiary/aromatic N) is 5. The molecular weight excluding hydrogens is 444 g/mol. The Morgan fingerprint density at radius 1 is 1.10 bits per heavy atom. The number of tetrazole rings is 1. The minimum Gasteiger partial charge on any atom is -0.280 e. The van der Waals surface area contributed by atoms with Crippen molar-refractivity contribution in [2.24, 2.45) is 0 Å². The van der Waals surface area contributed by atoms with Gasteiger partial charge in [-0.05, 0) is 65.4 Å². The van der Waals surface area contributed by atoms with E-state index in [4.69, 9.17) is 11.6 Å². The SMILES string of the molecule is Cc1ccc(-n2cnnn2)cc1S(=O)(=O)Nc1ccc(Sc2ccccn2)c(Cl)c1. The lowest BCUT2D eigenvalue weighted by molar-refractivity contribution is 0.600. The molecule has 0 aliphatic heterocycles. The molecule has 152 valence electrons. The van der Waals surface area contributed by atoms with Crippen LogP contribution in [0, 0.1) is 6.92 Å². The molecule has 0 aliphatic rings. The number of nitrogens with one attached hydrogen (secondary N) is 1. The summed E-state index contributed by atoms with van der Waals surface area (Å²) in [5.41, 5.74) is 1.48. The van der Waals surface area contributed by atoms with Gasteiger partial charge in [0.05, 0.1) is 21.3 Å². The minimum atomic E-state index is -3.86. The van der Waals surface area contributed by atoms with E-state index in [1.54, 1.807) is 43.5 Å². The second-order valence-corrected chi connectivity index (χ2v) is 9.35. The first-order chi connectivity index (χ1) is 14.4. The van der Waals surface area contributed by atoms with Gasteiger partial charge in [0.15, 0.2) is 0 Å². The third kappa shape index (κ3) is 4.45. The van der Waals surface area contributed by atoms with E-state index >= 15 is 0 Å². The largest absolute Gasteiger partial charge is 0.280 e. The van der Waals surface area contributed by atoms with E-state index < -0.39 is 10.0 Å². The summed E-state index contributed by atoms with van der Waals surface area (Å²) >= 11 is 7.77. The molecule has 0 saturated heterocycles. The van der Waals surface area contributed by atoms with Gasteiger partial charge in [0.1, 0.15) is 11.4 Å². The van der Waals surface area contributed by atoms with Crippen molar-refractivity contribution in [1.82, 2.24) is 25.2 Å². The van der Waals surface area contributed by atoms with E-state index in [9.17, 15) is 8.42 Å². The molecule has 8 nitrogen and oxygen atoms in total. The van der Waals surface area contributed by atoms with E-state index in [1.165, 1.54) is 28.8 Å². The van der Waals surface area contributed by atoms with Crippen LogP contribution in [0.15, 0.2) is 81.9 Å². The van der Waals surface area contributed by atoms with Crippen molar-refractivity contribution >= 4 is 39.1 Å². The van der Waals surface area contributed by atoms with Crippen molar-refractivity contribution in [2.75, 3.05) is 4.72 Å². The van der Waals surface area contributed by atoms with Gasteiger partial charge in [0.25, 0.3) is 10.0 Å². The molecule has 0 amide bonds. The zero-order valence-electron chi connectivity index (χ0n) is 15.6. The van der Waals surface area contributed by atoms with Gasteiger partial charge in [-0.1, -0.05) is 35.5 Å². The van der Waals surface area contributed by atoms with Crippen LogP contribution in [0.2, 0.25) is 5.02 Å². The molecule has 0 aliphatic carbocycles. The minimum absolute atomic E-state index is 0.124. The van der Waals surface area contributed by atoms with Crippen LogP contribution in [0.1, 0.15) is 5.56 Å². The molecule has 0 unspecified atom stereocenters. The molecule has 0 fully saturated rings. The summed E-state index contributed by atoms with van der Waals surface area (Å²) in [5.74, 6) is 0. The van der Waals surface area contributed by atoms with Crippen molar-refractivity contribution in [2.45, 2.75) is 21.7 Å². The van der Waals surface area contributed by atoms with Gasteiger partial charge in [-0.25, -0.2) is 18.1 Å². The van der Waals surface area contributed by atoms with Gasteiger partial charge in [0, 0.05) is 11.1 Å². The number of hydrogen-bond acceptors (Lipinski definition) is 7. The zero-order chi connectivity index (χ0) is 21.1. The van der Waals surface area contributed by atoms with Gasteiger partial charge in [-0.2, -0.15) is 0 Å². The third-order valence-electron chi connectivity index (χ3n) is 4.11. The Labute approximate surface area is 182 Å². The van der Waals surface area contributed by atoms with Gasteiger partial charge < -0.3 is 0 Å². The Hall–Kier alpha value is -2.95. The summed E-state index contributed by atoms with van der Waals surface area (Å²) < 4.78 is 30.0. The molecule has 4 rings (SSSR count). The van der Waals surface area contributed by atoms with Gasteiger partial charge in [-0.3, -0.25) is 4.72 Å². The average molecular weight is 459 g/mol. The van der Waals surface area contributed by atoms with Crippen LogP contribution in [0.5, 0.6) is 0 Å². The van der Waals surface area contributed by atoms with Gasteiger partial charge in [-0.15, -0.1) is 5.10 Å². The second-order valence-electron chi connectivity index (χ2n) is 6.22. The Balaban J connectivity index is 1.59. The van der Waals surface area contributed by atoms with E-state index in [0.717, 1.165) is 9.92 Å². The fraction of sp³-hybridized carbons (Fsp3) is 0.0526. The highest BCUT2D eigenvalue weighted by Crippen LogP contribution is 2.34. The summed E-state index contributed by atoms with van der Waals surface area (Å²) in [6.07, 6.45) is 3.09. The van der Waals surface area contributed by atoms with Gasteiger partial charge >= 0.3 is 0 Å². The second kappa shape index (κ2) is 8.42. The molecule has 0 saturated carbocycles. The molecule has 2 heterocycles. The highest BCUT2D eigenvalue weighted by atomic mass is 35.5. The number of aromatic nitrogens is 5. The van der Waals surface area contributed by atoms with E-state index in [2.05, 4.69) is 25.2 Å². The number of sulfonamides is 1. The molecule has 1 N–H and O–H groups in total. The number of aryl methyl sites for hydroxylation is 1. The Kier molecular flexibility index (Phi) is 5.71. The fourth-order valence-electron chi connectivity index (χ4n) is 2.68. The van der Waals surface area contributed by atoms with Crippen molar-refractivity contribution in [3.8, 4) is 5.69 Å². The first-order valence-electron chi connectivity index (χ1n) is 8.68. The van der Waals surface area contributed by atoms with Crippen LogP contribution in [0.25, 0.3) is 5.69 Å². The van der Waals surface area contributed by atoms with Crippen molar-refractivity contribution in [3.05, 3.63) is 77.7 Å². The third-order valence-corrected chi connectivity index (χ3v) is 7.09. The molecule has 2 aromatic carbocycles. The van der Waals surface area contributed by atoms with Crippen molar-refractivity contribution < 1.29 is 8.42 Å². The topological polar surface area (TPSA) is 103 Å². The normalized spacial score (nSPS) is 11.4. The molecule has 11 heteroatoms. The summed E-state index contributed by atoms with van der Waals surface area (Å²) in [5, 5.41) is 12.2. The zero-order valence-corrected chi connectivity index (χ0v) is 18.0. The molecule has 2 aromatic heterocycles. The van der Waals surface area contributed by atoms with Crippen LogP contribution in [0.3, 0.4) is 0 Å². The first kappa shape index (κ1) is 20.3. The Morgan fingerprint density at radius 3 is 2.67 bits per heavy atom. The monoisotopic (exact) mass is 458 g/mol. The predicted molar refractivity (Wildman–Crippen MR) is 115 cm³/mol. The Morgan fingerprint density at radius 2 is 1.97 bits per heavy atom. The van der Waals surface area contributed by atoms with Crippen LogP contribution >= 0.6 is 23.4 Å². The fourth-order valence-corrected chi connectivity index (χ4v) is 5.07. The molecule has 0 atom stereocenters. The summed E-state index contributed by atoms with van der Waals surface area (Å²) in [6.45, 7) is 1.72. The number of rotatable bonds is 6.